The summed E-state index contributed by atoms with van der Waals surface area (Å²) in [6, 6.07) is 14.9. The van der Waals surface area contributed by atoms with Gasteiger partial charge in [0.15, 0.2) is 0 Å². The summed E-state index contributed by atoms with van der Waals surface area (Å²) in [5, 5.41) is 3.59. The number of anilines is 1. The Morgan fingerprint density at radius 3 is 2.52 bits per heavy atom. The van der Waals surface area contributed by atoms with Crippen molar-refractivity contribution >= 4 is 35.0 Å². The van der Waals surface area contributed by atoms with Crippen LogP contribution < -0.4 is 10.1 Å². The summed E-state index contributed by atoms with van der Waals surface area (Å²) in [5.74, 6) is 1.46. The number of halogens is 1. The van der Waals surface area contributed by atoms with E-state index in [4.69, 9.17) is 16.3 Å². The van der Waals surface area contributed by atoms with Crippen molar-refractivity contribution in [1.82, 2.24) is 0 Å². The van der Waals surface area contributed by atoms with E-state index < -0.39 is 0 Å². The quantitative estimate of drug-likeness (QED) is 0.538. The lowest BCUT2D eigenvalue weighted by atomic mass is 10.3. The Balaban J connectivity index is 1.73. The zero-order chi connectivity index (χ0) is 16.5. The van der Waals surface area contributed by atoms with E-state index in [-0.39, 0.29) is 5.91 Å². The Labute approximate surface area is 145 Å². The molecule has 2 aromatic rings. The highest BCUT2D eigenvalue weighted by molar-refractivity contribution is 7.99. The van der Waals surface area contributed by atoms with Gasteiger partial charge in [0.05, 0.1) is 0 Å². The van der Waals surface area contributed by atoms with Crippen molar-refractivity contribution in [3.8, 4) is 5.75 Å². The van der Waals surface area contributed by atoms with Crippen LogP contribution in [0.25, 0.3) is 0 Å². The SMILES string of the molecule is C=CCOc1ccc(NC(=O)CCSc2ccc(Cl)cc2)cc1. The molecule has 0 unspecified atom stereocenters. The van der Waals surface area contributed by atoms with Gasteiger partial charge in [-0.05, 0) is 48.5 Å². The van der Waals surface area contributed by atoms with E-state index in [0.717, 1.165) is 16.3 Å². The summed E-state index contributed by atoms with van der Waals surface area (Å²) in [6.45, 7) is 4.06. The van der Waals surface area contributed by atoms with Crippen LogP contribution in [0.2, 0.25) is 5.02 Å². The molecule has 5 heteroatoms. The van der Waals surface area contributed by atoms with Gasteiger partial charge in [0, 0.05) is 27.8 Å². The number of benzene rings is 2. The molecule has 23 heavy (non-hydrogen) atoms. The third kappa shape index (κ3) is 6.38. The van der Waals surface area contributed by atoms with E-state index in [1.54, 1.807) is 17.8 Å². The van der Waals surface area contributed by atoms with Crippen molar-refractivity contribution in [2.75, 3.05) is 17.7 Å². The van der Waals surface area contributed by atoms with E-state index in [1.165, 1.54) is 0 Å². The van der Waals surface area contributed by atoms with Gasteiger partial charge in [-0.1, -0.05) is 24.3 Å². The molecule has 0 radical (unpaired) electrons. The lowest BCUT2D eigenvalue weighted by Gasteiger charge is -2.07. The highest BCUT2D eigenvalue weighted by atomic mass is 35.5. The second-order valence-corrected chi connectivity index (χ2v) is 6.33. The maximum absolute atomic E-state index is 11.9. The van der Waals surface area contributed by atoms with Gasteiger partial charge in [0.1, 0.15) is 12.4 Å². The van der Waals surface area contributed by atoms with Crippen molar-refractivity contribution in [2.24, 2.45) is 0 Å². The number of carbonyl (C=O) groups is 1. The van der Waals surface area contributed by atoms with Gasteiger partial charge >= 0.3 is 0 Å². The molecule has 0 atom stereocenters. The number of ether oxygens (including phenoxy) is 1. The van der Waals surface area contributed by atoms with Crippen LogP contribution in [-0.2, 0) is 4.79 Å². The highest BCUT2D eigenvalue weighted by Crippen LogP contribution is 2.21. The molecule has 0 aliphatic heterocycles. The Kier molecular flexibility index (Phi) is 7.04. The summed E-state index contributed by atoms with van der Waals surface area (Å²) >= 11 is 7.47. The average molecular weight is 348 g/mol. The number of hydrogen-bond donors (Lipinski definition) is 1. The molecule has 0 bridgehead atoms. The molecule has 0 fully saturated rings. The summed E-state index contributed by atoms with van der Waals surface area (Å²) in [5.41, 5.74) is 0.762. The molecule has 0 spiro atoms. The van der Waals surface area contributed by atoms with Gasteiger partial charge in [-0.25, -0.2) is 0 Å². The zero-order valence-corrected chi connectivity index (χ0v) is 14.2. The fraction of sp³-hybridized carbons (Fsp3) is 0.167. The van der Waals surface area contributed by atoms with Crippen LogP contribution in [0.5, 0.6) is 5.75 Å². The first-order chi connectivity index (χ1) is 11.2. The third-order valence-electron chi connectivity index (χ3n) is 2.92. The molecule has 1 N–H and O–H groups in total. The van der Waals surface area contributed by atoms with Crippen molar-refractivity contribution in [3.05, 3.63) is 66.2 Å². The lowest BCUT2D eigenvalue weighted by Crippen LogP contribution is -2.12. The largest absolute Gasteiger partial charge is 0.490 e. The predicted molar refractivity (Wildman–Crippen MR) is 97.6 cm³/mol. The molecular formula is C18H18ClNO2S. The predicted octanol–water partition coefficient (Wildman–Crippen LogP) is 5.03. The second-order valence-electron chi connectivity index (χ2n) is 4.72. The number of nitrogens with one attached hydrogen (secondary N) is 1. The van der Waals surface area contributed by atoms with Crippen molar-refractivity contribution in [1.29, 1.82) is 0 Å². The fourth-order valence-electron chi connectivity index (χ4n) is 1.81. The van der Waals surface area contributed by atoms with Crippen LogP contribution in [-0.4, -0.2) is 18.3 Å². The molecular weight excluding hydrogens is 330 g/mol. The van der Waals surface area contributed by atoms with Crippen LogP contribution >= 0.6 is 23.4 Å². The van der Waals surface area contributed by atoms with Crippen LogP contribution in [0, 0.1) is 0 Å². The van der Waals surface area contributed by atoms with E-state index in [0.29, 0.717) is 23.8 Å². The Hall–Kier alpha value is -1.91. The summed E-state index contributed by atoms with van der Waals surface area (Å²) < 4.78 is 5.39. The standard InChI is InChI=1S/C18H18ClNO2S/c1-2-12-22-16-7-5-15(6-8-16)20-18(21)11-13-23-17-9-3-14(19)4-10-17/h2-10H,1,11-13H2,(H,20,21). The Morgan fingerprint density at radius 1 is 1.17 bits per heavy atom. The Morgan fingerprint density at radius 2 is 1.87 bits per heavy atom. The molecule has 0 heterocycles. The summed E-state index contributed by atoms with van der Waals surface area (Å²) in [7, 11) is 0. The smallest absolute Gasteiger partial charge is 0.225 e. The molecule has 0 saturated heterocycles. The molecule has 2 rings (SSSR count). The number of amides is 1. The fourth-order valence-corrected chi connectivity index (χ4v) is 2.78. The van der Waals surface area contributed by atoms with Crippen molar-refractivity contribution in [3.63, 3.8) is 0 Å². The lowest BCUT2D eigenvalue weighted by molar-refractivity contribution is -0.115. The molecule has 0 saturated carbocycles. The van der Waals surface area contributed by atoms with Gasteiger partial charge in [-0.2, -0.15) is 0 Å². The average Bonchev–Trinajstić information content (AvgIpc) is 2.56. The molecule has 0 aliphatic carbocycles. The summed E-state index contributed by atoms with van der Waals surface area (Å²) in [6.07, 6.45) is 2.13. The van der Waals surface area contributed by atoms with Crippen molar-refractivity contribution in [2.45, 2.75) is 11.3 Å². The molecule has 2 aromatic carbocycles. The number of hydrogen-bond acceptors (Lipinski definition) is 3. The monoisotopic (exact) mass is 347 g/mol. The first kappa shape index (κ1) is 17.4. The van der Waals surface area contributed by atoms with Crippen LogP contribution in [0.15, 0.2) is 66.1 Å². The van der Waals surface area contributed by atoms with Crippen LogP contribution in [0.4, 0.5) is 5.69 Å². The van der Waals surface area contributed by atoms with Gasteiger partial charge in [0.25, 0.3) is 0 Å². The zero-order valence-electron chi connectivity index (χ0n) is 12.6. The van der Waals surface area contributed by atoms with Gasteiger partial charge in [-0.15, -0.1) is 11.8 Å². The van der Waals surface area contributed by atoms with Crippen molar-refractivity contribution < 1.29 is 9.53 Å². The van der Waals surface area contributed by atoms with Crippen LogP contribution in [0.1, 0.15) is 6.42 Å². The van der Waals surface area contributed by atoms with E-state index >= 15 is 0 Å². The van der Waals surface area contributed by atoms with E-state index in [2.05, 4.69) is 11.9 Å². The molecule has 0 aliphatic rings. The first-order valence-electron chi connectivity index (χ1n) is 7.19. The molecule has 3 nitrogen and oxygen atoms in total. The maximum Gasteiger partial charge on any atom is 0.225 e. The van der Waals surface area contributed by atoms with Gasteiger partial charge in [-0.3, -0.25) is 4.79 Å². The number of thioether (sulfide) groups is 1. The van der Waals surface area contributed by atoms with E-state index in [1.807, 2.05) is 48.5 Å². The minimum Gasteiger partial charge on any atom is -0.490 e. The number of carbonyl (C=O) groups excluding carboxylic acids is 1. The van der Waals surface area contributed by atoms with Gasteiger partial charge in [0.2, 0.25) is 5.91 Å². The second kappa shape index (κ2) is 9.28. The minimum absolute atomic E-state index is 0.00813. The minimum atomic E-state index is -0.00813. The van der Waals surface area contributed by atoms with Gasteiger partial charge < -0.3 is 10.1 Å². The topological polar surface area (TPSA) is 38.3 Å². The van der Waals surface area contributed by atoms with E-state index in [9.17, 15) is 4.79 Å². The molecule has 0 aromatic heterocycles. The summed E-state index contributed by atoms with van der Waals surface area (Å²) in [4.78, 5) is 13.0. The Bertz CT molecular complexity index is 641. The third-order valence-corrected chi connectivity index (χ3v) is 4.18. The number of rotatable bonds is 8. The molecule has 120 valence electrons. The highest BCUT2D eigenvalue weighted by Gasteiger charge is 2.03. The van der Waals surface area contributed by atoms with Crippen LogP contribution in [0.3, 0.4) is 0 Å². The molecule has 1 amide bonds. The maximum atomic E-state index is 11.9. The normalized spacial score (nSPS) is 10.1. The first-order valence-corrected chi connectivity index (χ1v) is 8.56.